The number of carbonyl (C=O) groups excluding carboxylic acids is 1. The Morgan fingerprint density at radius 2 is 2.30 bits per heavy atom. The summed E-state index contributed by atoms with van der Waals surface area (Å²) in [6.45, 7) is 0.715. The molecule has 5 heteroatoms. The third kappa shape index (κ3) is 3.35. The Morgan fingerprint density at radius 3 is 2.95 bits per heavy atom. The number of benzene rings is 1. The number of carbonyl (C=O) groups is 1. The van der Waals surface area contributed by atoms with Gasteiger partial charge in [0.05, 0.1) is 12.7 Å². The number of rotatable bonds is 5. The molecule has 2 N–H and O–H groups in total. The molecule has 0 spiro atoms. The predicted octanol–water partition coefficient (Wildman–Crippen LogP) is 1.86. The molecule has 0 aromatic heterocycles. The molecule has 20 heavy (non-hydrogen) atoms. The monoisotopic (exact) mass is 281 g/mol. The second-order valence-corrected chi connectivity index (χ2v) is 5.17. The highest BCUT2D eigenvalue weighted by Crippen LogP contribution is 2.25. The fourth-order valence-corrected chi connectivity index (χ4v) is 2.72. The van der Waals surface area contributed by atoms with Crippen molar-refractivity contribution in [2.75, 3.05) is 13.7 Å². The highest BCUT2D eigenvalue weighted by atomic mass is 19.1. The van der Waals surface area contributed by atoms with Crippen LogP contribution in [0.25, 0.3) is 0 Å². The number of nitrogens with one attached hydrogen (secondary N) is 1. The highest BCUT2D eigenvalue weighted by Gasteiger charge is 2.25. The molecule has 0 radical (unpaired) electrons. The molecule has 0 aliphatic heterocycles. The minimum absolute atomic E-state index is 0.0506. The maximum Gasteiger partial charge on any atom is 0.340 e. The topological polar surface area (TPSA) is 58.6 Å². The van der Waals surface area contributed by atoms with E-state index in [1.807, 2.05) is 0 Å². The summed E-state index contributed by atoms with van der Waals surface area (Å²) in [5.41, 5.74) is 0.726. The summed E-state index contributed by atoms with van der Waals surface area (Å²) in [7, 11) is 1.23. The lowest BCUT2D eigenvalue weighted by Crippen LogP contribution is -2.33. The summed E-state index contributed by atoms with van der Waals surface area (Å²) >= 11 is 0. The van der Waals surface area contributed by atoms with E-state index in [0.29, 0.717) is 6.54 Å². The fraction of sp³-hybridized carbons (Fsp3) is 0.533. The van der Waals surface area contributed by atoms with Gasteiger partial charge in [0.1, 0.15) is 5.82 Å². The second-order valence-electron chi connectivity index (χ2n) is 5.17. The average Bonchev–Trinajstić information content (AvgIpc) is 2.92. The highest BCUT2D eigenvalue weighted by molar-refractivity contribution is 5.89. The van der Waals surface area contributed by atoms with Gasteiger partial charge in [-0.15, -0.1) is 0 Å². The SMILES string of the molecule is COC(=O)c1ccc(CNC2CCCC2CO)cc1F. The van der Waals surface area contributed by atoms with Crippen molar-refractivity contribution in [1.29, 1.82) is 0 Å². The Balaban J connectivity index is 1.97. The minimum Gasteiger partial charge on any atom is -0.465 e. The molecule has 2 rings (SSSR count). The standard InChI is InChI=1S/C15H20FNO3/c1-20-15(19)12-6-5-10(7-13(12)16)8-17-14-4-2-3-11(14)9-18/h5-7,11,14,17-18H,2-4,8-9H2,1H3. The Labute approximate surface area is 117 Å². The minimum atomic E-state index is -0.668. The van der Waals surface area contributed by atoms with Crippen molar-refractivity contribution in [3.05, 3.63) is 35.1 Å². The van der Waals surface area contributed by atoms with Gasteiger partial charge in [0.2, 0.25) is 0 Å². The van der Waals surface area contributed by atoms with Gasteiger partial charge in [0.15, 0.2) is 0 Å². The van der Waals surface area contributed by atoms with Gasteiger partial charge in [0.25, 0.3) is 0 Å². The molecular formula is C15H20FNO3. The first-order valence-corrected chi connectivity index (χ1v) is 6.86. The van der Waals surface area contributed by atoms with Gasteiger partial charge >= 0.3 is 5.97 Å². The summed E-state index contributed by atoms with van der Waals surface area (Å²) in [6.07, 6.45) is 3.18. The number of aliphatic hydroxyl groups is 1. The van der Waals surface area contributed by atoms with Crippen LogP contribution in [0.2, 0.25) is 0 Å². The number of esters is 1. The molecule has 0 amide bonds. The van der Waals surface area contributed by atoms with Crippen molar-refractivity contribution in [1.82, 2.24) is 5.32 Å². The van der Waals surface area contributed by atoms with Gasteiger partial charge in [-0.25, -0.2) is 9.18 Å². The first kappa shape index (κ1) is 14.9. The van der Waals surface area contributed by atoms with Crippen molar-refractivity contribution in [3.8, 4) is 0 Å². The molecule has 2 unspecified atom stereocenters. The van der Waals surface area contributed by atoms with E-state index in [4.69, 9.17) is 0 Å². The summed E-state index contributed by atoms with van der Waals surface area (Å²) in [6, 6.07) is 4.78. The summed E-state index contributed by atoms with van der Waals surface area (Å²) in [5, 5.41) is 12.6. The number of aliphatic hydroxyl groups excluding tert-OH is 1. The molecule has 1 aromatic carbocycles. The first-order valence-electron chi connectivity index (χ1n) is 6.86. The molecule has 1 aliphatic rings. The molecule has 1 saturated carbocycles. The lowest BCUT2D eigenvalue weighted by atomic mass is 10.0. The lowest BCUT2D eigenvalue weighted by Gasteiger charge is -2.19. The largest absolute Gasteiger partial charge is 0.465 e. The Bertz CT molecular complexity index is 478. The van der Waals surface area contributed by atoms with Crippen molar-refractivity contribution < 1.29 is 19.0 Å². The molecule has 0 saturated heterocycles. The van der Waals surface area contributed by atoms with E-state index in [9.17, 15) is 14.3 Å². The van der Waals surface area contributed by atoms with Gasteiger partial charge in [-0.3, -0.25) is 0 Å². The van der Waals surface area contributed by atoms with Gasteiger partial charge in [-0.1, -0.05) is 12.5 Å². The van der Waals surface area contributed by atoms with Crippen LogP contribution < -0.4 is 5.32 Å². The first-order chi connectivity index (χ1) is 9.65. The van der Waals surface area contributed by atoms with E-state index >= 15 is 0 Å². The zero-order valence-corrected chi connectivity index (χ0v) is 11.6. The quantitative estimate of drug-likeness (QED) is 0.809. The molecule has 0 bridgehead atoms. The lowest BCUT2D eigenvalue weighted by molar-refractivity contribution is 0.0595. The van der Waals surface area contributed by atoms with Crippen molar-refractivity contribution in [2.45, 2.75) is 31.8 Å². The molecule has 1 aliphatic carbocycles. The average molecular weight is 281 g/mol. The Morgan fingerprint density at radius 1 is 1.50 bits per heavy atom. The molecular weight excluding hydrogens is 261 g/mol. The van der Waals surface area contributed by atoms with Crippen molar-refractivity contribution >= 4 is 5.97 Å². The third-order valence-corrected chi connectivity index (χ3v) is 3.90. The van der Waals surface area contributed by atoms with Crippen LogP contribution in [0.3, 0.4) is 0 Å². The van der Waals surface area contributed by atoms with Gasteiger partial charge in [-0.05, 0) is 36.5 Å². The maximum atomic E-state index is 13.8. The van der Waals surface area contributed by atoms with Crippen LogP contribution in [-0.2, 0) is 11.3 Å². The van der Waals surface area contributed by atoms with Crippen LogP contribution in [0.5, 0.6) is 0 Å². The fourth-order valence-electron chi connectivity index (χ4n) is 2.72. The van der Waals surface area contributed by atoms with Crippen molar-refractivity contribution in [3.63, 3.8) is 0 Å². The van der Waals surface area contributed by atoms with E-state index in [1.165, 1.54) is 19.2 Å². The van der Waals surface area contributed by atoms with Crippen LogP contribution in [0.15, 0.2) is 18.2 Å². The van der Waals surface area contributed by atoms with Crippen LogP contribution in [0, 0.1) is 11.7 Å². The van der Waals surface area contributed by atoms with E-state index in [0.717, 1.165) is 24.8 Å². The van der Waals surface area contributed by atoms with Crippen LogP contribution in [0.4, 0.5) is 4.39 Å². The van der Waals surface area contributed by atoms with Gasteiger partial charge in [-0.2, -0.15) is 0 Å². The second kappa shape index (κ2) is 6.81. The normalized spacial score (nSPS) is 21.9. The van der Waals surface area contributed by atoms with Crippen LogP contribution in [0.1, 0.15) is 35.2 Å². The number of hydrogen-bond donors (Lipinski definition) is 2. The molecule has 0 heterocycles. The smallest absolute Gasteiger partial charge is 0.340 e. The van der Waals surface area contributed by atoms with E-state index in [2.05, 4.69) is 10.1 Å². The van der Waals surface area contributed by atoms with E-state index in [-0.39, 0.29) is 24.1 Å². The number of halogens is 1. The zero-order chi connectivity index (χ0) is 14.5. The Hall–Kier alpha value is -1.46. The molecule has 110 valence electrons. The summed E-state index contributed by atoms with van der Waals surface area (Å²) in [5.74, 6) is -0.950. The zero-order valence-electron chi connectivity index (χ0n) is 11.6. The van der Waals surface area contributed by atoms with Gasteiger partial charge in [0, 0.05) is 19.2 Å². The number of ether oxygens (including phenoxy) is 1. The predicted molar refractivity (Wildman–Crippen MR) is 72.8 cm³/mol. The van der Waals surface area contributed by atoms with Crippen LogP contribution in [-0.4, -0.2) is 30.8 Å². The third-order valence-electron chi connectivity index (χ3n) is 3.90. The summed E-state index contributed by atoms with van der Waals surface area (Å²) < 4.78 is 18.3. The van der Waals surface area contributed by atoms with Crippen molar-refractivity contribution in [2.24, 2.45) is 5.92 Å². The van der Waals surface area contributed by atoms with Gasteiger partial charge < -0.3 is 15.2 Å². The summed E-state index contributed by atoms with van der Waals surface area (Å²) in [4.78, 5) is 11.3. The Kier molecular flexibility index (Phi) is 5.09. The van der Waals surface area contributed by atoms with E-state index < -0.39 is 11.8 Å². The molecule has 2 atom stereocenters. The van der Waals surface area contributed by atoms with Crippen LogP contribution >= 0.6 is 0 Å². The number of methoxy groups -OCH3 is 1. The molecule has 4 nitrogen and oxygen atoms in total. The molecule has 1 aromatic rings. The maximum absolute atomic E-state index is 13.8. The number of hydrogen-bond acceptors (Lipinski definition) is 4. The van der Waals surface area contributed by atoms with E-state index in [1.54, 1.807) is 6.07 Å². The molecule has 1 fully saturated rings.